The van der Waals surface area contributed by atoms with E-state index in [-0.39, 0.29) is 0 Å². The summed E-state index contributed by atoms with van der Waals surface area (Å²) in [4.78, 5) is 20.0. The number of nitrogens with one attached hydrogen (secondary N) is 1. The van der Waals surface area contributed by atoms with Gasteiger partial charge in [0, 0.05) is 25.0 Å². The number of aromatic nitrogens is 1. The average molecular weight is 361 g/mol. The van der Waals surface area contributed by atoms with E-state index in [1.165, 1.54) is 16.9 Å². The monoisotopic (exact) mass is 361 g/mol. The van der Waals surface area contributed by atoms with E-state index in [2.05, 4.69) is 16.3 Å². The summed E-state index contributed by atoms with van der Waals surface area (Å²) in [5.74, 6) is 0.825. The predicted octanol–water partition coefficient (Wildman–Crippen LogP) is 1.28. The maximum atomic E-state index is 11.8. The number of carbonyl (C=O) groups excluding carboxylic acids is 1. The van der Waals surface area contributed by atoms with Gasteiger partial charge < -0.3 is 26.4 Å². The fourth-order valence-corrected chi connectivity index (χ4v) is 4.69. The van der Waals surface area contributed by atoms with Crippen LogP contribution in [0.15, 0.2) is 6.07 Å². The normalized spacial score (nSPS) is 21.6. The van der Waals surface area contributed by atoms with E-state index in [0.717, 1.165) is 55.1 Å². The number of hydrogen-bond donors (Lipinski definition) is 3. The highest BCUT2D eigenvalue weighted by Crippen LogP contribution is 2.40. The Kier molecular flexibility index (Phi) is 4.49. The van der Waals surface area contributed by atoms with Crippen LogP contribution in [0, 0.1) is 0 Å². The maximum Gasteiger partial charge on any atom is 0.260 e. The first-order valence-corrected chi connectivity index (χ1v) is 9.53. The van der Waals surface area contributed by atoms with Gasteiger partial charge in [0.25, 0.3) is 5.91 Å². The second-order valence-corrected chi connectivity index (χ2v) is 7.60. The molecule has 5 N–H and O–H groups in total. The predicted molar refractivity (Wildman–Crippen MR) is 100 cm³/mol. The summed E-state index contributed by atoms with van der Waals surface area (Å²) >= 11 is 1.30. The number of ether oxygens (including phenoxy) is 1. The van der Waals surface area contributed by atoms with Crippen LogP contribution in [0.25, 0.3) is 10.2 Å². The molecule has 2 aliphatic rings. The lowest BCUT2D eigenvalue weighted by Crippen LogP contribution is -2.37. The van der Waals surface area contributed by atoms with Crippen LogP contribution in [0.4, 0.5) is 11.5 Å². The van der Waals surface area contributed by atoms with Crippen molar-refractivity contribution in [2.45, 2.75) is 18.8 Å². The van der Waals surface area contributed by atoms with Crippen LogP contribution < -0.4 is 21.7 Å². The van der Waals surface area contributed by atoms with Crippen LogP contribution in [0.3, 0.4) is 0 Å². The lowest BCUT2D eigenvalue weighted by atomic mass is 9.89. The van der Waals surface area contributed by atoms with Crippen molar-refractivity contribution >= 4 is 39.0 Å². The second kappa shape index (κ2) is 6.78. The van der Waals surface area contributed by atoms with E-state index in [4.69, 9.17) is 21.2 Å². The van der Waals surface area contributed by atoms with Crippen molar-refractivity contribution in [1.82, 2.24) is 10.3 Å². The van der Waals surface area contributed by atoms with E-state index >= 15 is 0 Å². The number of carbonyl (C=O) groups is 1. The topological polar surface area (TPSA) is 106 Å². The summed E-state index contributed by atoms with van der Waals surface area (Å²) in [5.41, 5.74) is 13.5. The van der Waals surface area contributed by atoms with Gasteiger partial charge in [0.1, 0.15) is 15.5 Å². The Labute approximate surface area is 150 Å². The Bertz CT molecular complexity index is 794. The van der Waals surface area contributed by atoms with Crippen LogP contribution in [0.1, 0.15) is 34.0 Å². The molecule has 2 saturated heterocycles. The quantitative estimate of drug-likeness (QED) is 0.760. The smallest absolute Gasteiger partial charge is 0.260 e. The number of pyridine rings is 1. The van der Waals surface area contributed by atoms with E-state index in [9.17, 15) is 4.79 Å². The van der Waals surface area contributed by atoms with Gasteiger partial charge in [-0.2, -0.15) is 0 Å². The van der Waals surface area contributed by atoms with Crippen LogP contribution >= 0.6 is 11.3 Å². The van der Waals surface area contributed by atoms with Gasteiger partial charge in [0.15, 0.2) is 0 Å². The number of amides is 1. The summed E-state index contributed by atoms with van der Waals surface area (Å²) in [5, 5.41) is 4.37. The third kappa shape index (κ3) is 3.05. The zero-order valence-electron chi connectivity index (χ0n) is 14.1. The number of nitrogens with two attached hydrogens (primary N) is 2. The molecule has 4 heterocycles. The van der Waals surface area contributed by atoms with Crippen molar-refractivity contribution in [3.8, 4) is 0 Å². The van der Waals surface area contributed by atoms with E-state index < -0.39 is 5.91 Å². The molecule has 134 valence electrons. The first kappa shape index (κ1) is 16.6. The van der Waals surface area contributed by atoms with Gasteiger partial charge in [-0.15, -0.1) is 11.3 Å². The van der Waals surface area contributed by atoms with Gasteiger partial charge in [-0.25, -0.2) is 4.98 Å². The second-order valence-electron chi connectivity index (χ2n) is 6.60. The molecule has 0 spiro atoms. The van der Waals surface area contributed by atoms with E-state index in [1.54, 1.807) is 0 Å². The number of primary amides is 1. The molecule has 0 radical (unpaired) electrons. The summed E-state index contributed by atoms with van der Waals surface area (Å²) < 4.78 is 5.45. The fraction of sp³-hybridized carbons (Fsp3) is 0.529. The molecule has 0 saturated carbocycles. The highest BCUT2D eigenvalue weighted by molar-refractivity contribution is 7.21. The molecule has 2 aromatic heterocycles. The zero-order valence-corrected chi connectivity index (χ0v) is 14.9. The van der Waals surface area contributed by atoms with Crippen molar-refractivity contribution in [2.75, 3.05) is 50.0 Å². The lowest BCUT2D eigenvalue weighted by Gasteiger charge is -2.30. The number of nitrogens with zero attached hydrogens (tertiary/aromatic N) is 2. The zero-order chi connectivity index (χ0) is 17.4. The lowest BCUT2D eigenvalue weighted by molar-refractivity contribution is 0.100. The molecule has 4 rings (SSSR count). The third-order valence-electron chi connectivity index (χ3n) is 5.01. The highest BCUT2D eigenvalue weighted by Gasteiger charge is 2.26. The van der Waals surface area contributed by atoms with Gasteiger partial charge in [0.05, 0.1) is 18.9 Å². The van der Waals surface area contributed by atoms with Crippen molar-refractivity contribution < 1.29 is 9.53 Å². The molecule has 2 fully saturated rings. The molecule has 7 nitrogen and oxygen atoms in total. The van der Waals surface area contributed by atoms with Gasteiger partial charge in [-0.1, -0.05) is 0 Å². The van der Waals surface area contributed by atoms with Gasteiger partial charge in [0.2, 0.25) is 0 Å². The summed E-state index contributed by atoms with van der Waals surface area (Å²) in [6.45, 7) is 5.03. The number of hydrogen-bond acceptors (Lipinski definition) is 7. The van der Waals surface area contributed by atoms with Crippen molar-refractivity contribution in [3.05, 3.63) is 16.5 Å². The van der Waals surface area contributed by atoms with E-state index in [1.807, 2.05) is 0 Å². The molecule has 25 heavy (non-hydrogen) atoms. The van der Waals surface area contributed by atoms with E-state index in [0.29, 0.717) is 29.7 Å². The molecule has 0 aromatic carbocycles. The summed E-state index contributed by atoms with van der Waals surface area (Å²) in [6.07, 6.45) is 2.24. The van der Waals surface area contributed by atoms with Crippen molar-refractivity contribution in [1.29, 1.82) is 0 Å². The van der Waals surface area contributed by atoms with Gasteiger partial charge >= 0.3 is 0 Å². The average Bonchev–Trinajstić information content (AvgIpc) is 2.99. The molecule has 0 aliphatic carbocycles. The molecule has 0 bridgehead atoms. The van der Waals surface area contributed by atoms with Crippen LogP contribution in [-0.2, 0) is 4.74 Å². The summed E-state index contributed by atoms with van der Waals surface area (Å²) in [7, 11) is 0. The minimum absolute atomic E-state index is 0.372. The molecule has 2 aromatic rings. The first-order valence-electron chi connectivity index (χ1n) is 8.71. The number of anilines is 2. The SMILES string of the molecule is NC(=O)c1sc2nc(N3CCOCC3)cc(C3CCCNC3)c2c1N. The standard InChI is InChI=1S/C17H23N5O2S/c18-14-13-11(10-2-1-3-20-9-10)8-12(22-4-6-24-7-5-22)21-17(13)25-15(14)16(19)23/h8,10,20H,1-7,9,18H2,(H2,19,23). The minimum atomic E-state index is -0.485. The van der Waals surface area contributed by atoms with Crippen molar-refractivity contribution in [3.63, 3.8) is 0 Å². The molecule has 1 atom stereocenters. The number of nitrogen functional groups attached to an aromatic ring is 1. The van der Waals surface area contributed by atoms with Crippen LogP contribution in [-0.4, -0.2) is 50.3 Å². The fourth-order valence-electron chi connectivity index (χ4n) is 3.71. The Hall–Kier alpha value is -1.90. The number of rotatable bonds is 3. The number of fused-ring (bicyclic) bond motifs is 1. The first-order chi connectivity index (χ1) is 12.1. The van der Waals surface area contributed by atoms with Crippen LogP contribution in [0.2, 0.25) is 0 Å². The molecule has 1 amide bonds. The Morgan fingerprint density at radius 3 is 2.88 bits per heavy atom. The molecule has 1 unspecified atom stereocenters. The van der Waals surface area contributed by atoms with Crippen LogP contribution in [0.5, 0.6) is 0 Å². The van der Waals surface area contributed by atoms with Gasteiger partial charge in [-0.05, 0) is 36.9 Å². The minimum Gasteiger partial charge on any atom is -0.397 e. The Morgan fingerprint density at radius 2 is 2.20 bits per heavy atom. The molecule has 2 aliphatic heterocycles. The summed E-state index contributed by atoms with van der Waals surface area (Å²) in [6, 6.07) is 2.15. The Morgan fingerprint density at radius 1 is 1.40 bits per heavy atom. The number of thiophene rings is 1. The third-order valence-corrected chi connectivity index (χ3v) is 6.13. The van der Waals surface area contributed by atoms with Crippen molar-refractivity contribution in [2.24, 2.45) is 5.73 Å². The van der Waals surface area contributed by atoms with Gasteiger partial charge in [-0.3, -0.25) is 4.79 Å². The molecule has 8 heteroatoms. The largest absolute Gasteiger partial charge is 0.397 e. The highest BCUT2D eigenvalue weighted by atomic mass is 32.1. The molecular weight excluding hydrogens is 338 g/mol. The number of piperidine rings is 1. The molecular formula is C17H23N5O2S. The Balaban J connectivity index is 1.86. The number of morpholine rings is 1. The maximum absolute atomic E-state index is 11.8.